The molecule has 0 radical (unpaired) electrons. The van der Waals surface area contributed by atoms with Gasteiger partial charge in [-0.25, -0.2) is 4.98 Å². The number of nitrogens with zero attached hydrogens (tertiary/aromatic N) is 3. The molecule has 3 aromatic carbocycles. The first-order valence-electron chi connectivity index (χ1n) is 11.0. The summed E-state index contributed by atoms with van der Waals surface area (Å²) in [7, 11) is 0. The highest BCUT2D eigenvalue weighted by Crippen LogP contribution is 2.32. The third-order valence-corrected chi connectivity index (χ3v) is 6.38. The van der Waals surface area contributed by atoms with Crippen LogP contribution in [0.4, 0.5) is 5.69 Å². The molecule has 0 saturated heterocycles. The number of aromatic amines is 1. The lowest BCUT2D eigenvalue weighted by Crippen LogP contribution is -2.41. The number of imidazole rings is 1. The first-order chi connectivity index (χ1) is 16.6. The number of rotatable bonds is 5. The van der Waals surface area contributed by atoms with Crippen molar-refractivity contribution < 1.29 is 4.79 Å². The normalized spacial score (nSPS) is 16.4. The zero-order valence-corrected chi connectivity index (χ0v) is 19.0. The van der Waals surface area contributed by atoms with Gasteiger partial charge in [0.15, 0.2) is 0 Å². The first kappa shape index (κ1) is 21.9. The summed E-state index contributed by atoms with van der Waals surface area (Å²) in [5.74, 6) is -0.0506. The molecule has 1 aliphatic rings. The Morgan fingerprint density at radius 3 is 2.68 bits per heavy atom. The zero-order chi connectivity index (χ0) is 23.5. The summed E-state index contributed by atoms with van der Waals surface area (Å²) in [5, 5.41) is 13.4. The van der Waals surface area contributed by atoms with E-state index in [2.05, 4.69) is 27.4 Å². The van der Waals surface area contributed by atoms with Gasteiger partial charge in [0.1, 0.15) is 6.04 Å². The maximum atomic E-state index is 14.0. The largest absolute Gasteiger partial charge is 0.347 e. The average Bonchev–Trinajstić information content (AvgIpc) is 3.36. The number of benzene rings is 3. The third kappa shape index (κ3) is 4.32. The number of nitrogens with one attached hydrogen (secondary N) is 2. The predicted octanol–water partition coefficient (Wildman–Crippen LogP) is 4.94. The number of aromatic nitrogens is 2. The highest BCUT2D eigenvalue weighted by molar-refractivity contribution is 6.30. The van der Waals surface area contributed by atoms with Crippen LogP contribution in [-0.4, -0.2) is 22.4 Å². The smallest absolute Gasteiger partial charge is 0.248 e. The van der Waals surface area contributed by atoms with Crippen molar-refractivity contribution in [3.63, 3.8) is 0 Å². The minimum Gasteiger partial charge on any atom is -0.347 e. The summed E-state index contributed by atoms with van der Waals surface area (Å²) in [6.45, 7) is 0.556. The topological polar surface area (TPSA) is 84.8 Å². The molecule has 1 amide bonds. The summed E-state index contributed by atoms with van der Waals surface area (Å²) in [6.07, 6.45) is 4.10. The number of amides is 1. The summed E-state index contributed by atoms with van der Waals surface area (Å²) in [4.78, 5) is 23.2. The van der Waals surface area contributed by atoms with Gasteiger partial charge < -0.3 is 9.88 Å². The Hall–Kier alpha value is -3.92. The van der Waals surface area contributed by atoms with Gasteiger partial charge in [-0.05, 0) is 53.4 Å². The molecule has 7 heteroatoms. The molecule has 168 valence electrons. The van der Waals surface area contributed by atoms with Crippen molar-refractivity contribution in [2.24, 2.45) is 0 Å². The molecule has 6 nitrogen and oxygen atoms in total. The van der Waals surface area contributed by atoms with Crippen LogP contribution in [0.5, 0.6) is 0 Å². The molecule has 2 heterocycles. The molecule has 0 fully saturated rings. The Labute approximate surface area is 202 Å². The van der Waals surface area contributed by atoms with Crippen LogP contribution in [0.3, 0.4) is 0 Å². The van der Waals surface area contributed by atoms with Crippen LogP contribution in [0.25, 0.3) is 0 Å². The van der Waals surface area contributed by atoms with Crippen molar-refractivity contribution in [2.45, 2.75) is 18.5 Å². The average molecular weight is 468 g/mol. The fourth-order valence-electron chi connectivity index (χ4n) is 4.44. The van der Waals surface area contributed by atoms with Crippen molar-refractivity contribution in [1.29, 1.82) is 5.26 Å². The van der Waals surface area contributed by atoms with Gasteiger partial charge in [-0.2, -0.15) is 5.26 Å². The van der Waals surface area contributed by atoms with Gasteiger partial charge in [0.05, 0.1) is 29.7 Å². The van der Waals surface area contributed by atoms with Crippen LogP contribution in [0.1, 0.15) is 40.0 Å². The molecule has 0 bridgehead atoms. The fourth-order valence-corrected chi connectivity index (χ4v) is 4.63. The van der Waals surface area contributed by atoms with Crippen LogP contribution in [0.2, 0.25) is 5.02 Å². The minimum absolute atomic E-state index is 0.0506. The van der Waals surface area contributed by atoms with Gasteiger partial charge in [-0.3, -0.25) is 10.1 Å². The number of fused-ring (bicyclic) bond motifs is 1. The van der Waals surface area contributed by atoms with Crippen LogP contribution < -0.4 is 10.2 Å². The summed E-state index contributed by atoms with van der Waals surface area (Å²) < 4.78 is 0. The molecule has 4 aromatic rings. The number of halogens is 1. The van der Waals surface area contributed by atoms with Crippen molar-refractivity contribution >= 4 is 23.2 Å². The van der Waals surface area contributed by atoms with E-state index in [4.69, 9.17) is 11.6 Å². The summed E-state index contributed by atoms with van der Waals surface area (Å²) in [6, 6.07) is 24.0. The molecule has 0 aliphatic carbocycles. The van der Waals surface area contributed by atoms with E-state index in [-0.39, 0.29) is 11.9 Å². The molecular weight excluding hydrogens is 446 g/mol. The molecule has 1 aromatic heterocycles. The van der Waals surface area contributed by atoms with E-state index in [0.29, 0.717) is 17.1 Å². The van der Waals surface area contributed by atoms with E-state index in [1.165, 1.54) is 0 Å². The van der Waals surface area contributed by atoms with Crippen molar-refractivity contribution in [1.82, 2.24) is 15.3 Å². The SMILES string of the molecule is N#Cc1ccc(C(NC2C(=O)N(c3cccc(Cl)c3)CCc3ccccc32)c2cnc[nH]2)cc1. The zero-order valence-electron chi connectivity index (χ0n) is 18.3. The van der Waals surface area contributed by atoms with Gasteiger partial charge in [0, 0.05) is 23.5 Å². The quantitative estimate of drug-likeness (QED) is 0.435. The van der Waals surface area contributed by atoms with E-state index >= 15 is 0 Å². The predicted molar refractivity (Wildman–Crippen MR) is 131 cm³/mol. The van der Waals surface area contributed by atoms with Crippen LogP contribution in [0.15, 0.2) is 85.3 Å². The molecule has 2 atom stereocenters. The number of carbonyl (C=O) groups is 1. The van der Waals surface area contributed by atoms with Gasteiger partial charge in [-0.1, -0.05) is 54.1 Å². The standard InChI is InChI=1S/C27H22ClN5O/c28-21-5-3-6-22(14-21)33-13-12-19-4-1-2-7-23(19)26(27(33)34)32-25(24-16-30-17-31-24)20-10-8-18(15-29)9-11-20/h1-11,14,16-17,25-26,32H,12-13H2,(H,30,31). The van der Waals surface area contributed by atoms with Crippen molar-refractivity contribution in [3.05, 3.63) is 118 Å². The number of carbonyl (C=O) groups excluding carboxylic acids is 1. The maximum absolute atomic E-state index is 14.0. The van der Waals surface area contributed by atoms with Gasteiger partial charge in [0.2, 0.25) is 5.91 Å². The van der Waals surface area contributed by atoms with Gasteiger partial charge in [0.25, 0.3) is 0 Å². The molecule has 5 rings (SSSR count). The number of hydrogen-bond donors (Lipinski definition) is 2. The Morgan fingerprint density at radius 2 is 1.94 bits per heavy atom. The number of anilines is 1. The highest BCUT2D eigenvalue weighted by Gasteiger charge is 2.34. The van der Waals surface area contributed by atoms with Crippen LogP contribution in [-0.2, 0) is 11.2 Å². The van der Waals surface area contributed by atoms with Gasteiger partial charge >= 0.3 is 0 Å². The molecule has 0 saturated carbocycles. The van der Waals surface area contributed by atoms with E-state index in [9.17, 15) is 10.1 Å². The minimum atomic E-state index is -0.596. The Kier molecular flexibility index (Phi) is 6.13. The monoisotopic (exact) mass is 467 g/mol. The number of hydrogen-bond acceptors (Lipinski definition) is 4. The van der Waals surface area contributed by atoms with E-state index in [1.807, 2.05) is 48.5 Å². The molecule has 1 aliphatic heterocycles. The summed E-state index contributed by atoms with van der Waals surface area (Å²) >= 11 is 6.25. The van der Waals surface area contributed by atoms with Crippen molar-refractivity contribution in [3.8, 4) is 6.07 Å². The fraction of sp³-hybridized carbons (Fsp3) is 0.148. The molecular formula is C27H22ClN5O. The van der Waals surface area contributed by atoms with E-state index in [1.54, 1.807) is 35.6 Å². The lowest BCUT2D eigenvalue weighted by atomic mass is 9.96. The molecule has 0 spiro atoms. The number of H-pyrrole nitrogens is 1. The molecule has 34 heavy (non-hydrogen) atoms. The van der Waals surface area contributed by atoms with Crippen LogP contribution >= 0.6 is 11.6 Å². The van der Waals surface area contributed by atoms with E-state index in [0.717, 1.165) is 34.5 Å². The lowest BCUT2D eigenvalue weighted by molar-refractivity contribution is -0.120. The third-order valence-electron chi connectivity index (χ3n) is 6.14. The Bertz CT molecular complexity index is 1340. The second-order valence-corrected chi connectivity index (χ2v) is 8.63. The molecule has 2 unspecified atom stereocenters. The molecule has 2 N–H and O–H groups in total. The number of nitriles is 1. The van der Waals surface area contributed by atoms with Crippen molar-refractivity contribution in [2.75, 3.05) is 11.4 Å². The highest BCUT2D eigenvalue weighted by atomic mass is 35.5. The Balaban J connectivity index is 1.57. The van der Waals surface area contributed by atoms with E-state index < -0.39 is 6.04 Å². The summed E-state index contributed by atoms with van der Waals surface area (Å²) in [5.41, 5.74) is 5.18. The van der Waals surface area contributed by atoms with Gasteiger partial charge in [-0.15, -0.1) is 0 Å². The maximum Gasteiger partial charge on any atom is 0.248 e. The second kappa shape index (κ2) is 9.52. The Morgan fingerprint density at radius 1 is 1.12 bits per heavy atom. The first-order valence-corrected chi connectivity index (χ1v) is 11.4. The van der Waals surface area contributed by atoms with Crippen LogP contribution in [0, 0.1) is 11.3 Å². The second-order valence-electron chi connectivity index (χ2n) is 8.19. The lowest BCUT2D eigenvalue weighted by Gasteiger charge is -2.29.